The molecule has 3 nitrogen and oxygen atoms in total. The quantitative estimate of drug-likeness (QED) is 0.782. The Bertz CT molecular complexity index is 648. The lowest BCUT2D eigenvalue weighted by Crippen LogP contribution is -2.05. The largest absolute Gasteiger partial charge is 0.439 e. The zero-order valence-electron chi connectivity index (χ0n) is 11.1. The van der Waals surface area contributed by atoms with Crippen LogP contribution in [0.3, 0.4) is 0 Å². The van der Waals surface area contributed by atoms with E-state index < -0.39 is 23.9 Å². The molecule has 0 spiro atoms. The van der Waals surface area contributed by atoms with Crippen LogP contribution in [0.15, 0.2) is 24.3 Å². The third-order valence-electron chi connectivity index (χ3n) is 2.84. The number of ether oxygens (including phenoxy) is 1. The molecule has 0 saturated heterocycles. The second-order valence-electron chi connectivity index (χ2n) is 4.37. The van der Waals surface area contributed by atoms with E-state index in [0.717, 1.165) is 16.8 Å². The summed E-state index contributed by atoms with van der Waals surface area (Å²) in [6.07, 6.45) is -7.29. The van der Waals surface area contributed by atoms with Crippen LogP contribution in [-0.4, -0.2) is 9.78 Å². The number of aryl methyl sites for hydroxylation is 1. The molecule has 0 aliphatic rings. The summed E-state index contributed by atoms with van der Waals surface area (Å²) in [4.78, 5) is 0. The van der Waals surface area contributed by atoms with Gasteiger partial charge in [0.1, 0.15) is 11.4 Å². The number of alkyl halides is 5. The third-order valence-corrected chi connectivity index (χ3v) is 2.84. The van der Waals surface area contributed by atoms with E-state index in [4.69, 9.17) is 4.74 Å². The highest BCUT2D eigenvalue weighted by Crippen LogP contribution is 2.35. The van der Waals surface area contributed by atoms with Gasteiger partial charge in [-0.25, -0.2) is 13.5 Å². The second kappa shape index (κ2) is 5.34. The Kier molecular flexibility index (Phi) is 3.89. The maximum absolute atomic E-state index is 12.7. The minimum absolute atomic E-state index is 0.0235. The fourth-order valence-corrected chi connectivity index (χ4v) is 1.83. The molecule has 2 rings (SSSR count). The van der Waals surface area contributed by atoms with Gasteiger partial charge in [-0.2, -0.15) is 18.3 Å². The molecule has 1 aromatic carbocycles. The van der Waals surface area contributed by atoms with Gasteiger partial charge < -0.3 is 4.74 Å². The Labute approximate surface area is 116 Å². The van der Waals surface area contributed by atoms with Gasteiger partial charge in [-0.3, -0.25) is 0 Å². The van der Waals surface area contributed by atoms with Crippen molar-refractivity contribution in [2.75, 3.05) is 0 Å². The van der Waals surface area contributed by atoms with Crippen LogP contribution >= 0.6 is 0 Å². The van der Waals surface area contributed by atoms with Gasteiger partial charge in [-0.1, -0.05) is 6.07 Å². The van der Waals surface area contributed by atoms with E-state index in [-0.39, 0.29) is 17.2 Å². The van der Waals surface area contributed by atoms with Gasteiger partial charge in [0.2, 0.25) is 5.88 Å². The van der Waals surface area contributed by atoms with Gasteiger partial charge in [-0.15, -0.1) is 0 Å². The van der Waals surface area contributed by atoms with E-state index in [1.54, 1.807) is 0 Å². The highest BCUT2D eigenvalue weighted by molar-refractivity contribution is 5.37. The SMILES string of the molecule is Cc1c(C(F)F)nn(C)c1Oc1cccc(C(F)(F)F)c1. The smallest absolute Gasteiger partial charge is 0.416 e. The van der Waals surface area contributed by atoms with Crippen molar-refractivity contribution in [1.29, 1.82) is 0 Å². The van der Waals surface area contributed by atoms with Crippen LogP contribution in [-0.2, 0) is 13.2 Å². The highest BCUT2D eigenvalue weighted by atomic mass is 19.4. The van der Waals surface area contributed by atoms with Crippen LogP contribution in [0, 0.1) is 6.92 Å². The number of benzene rings is 1. The summed E-state index contributed by atoms with van der Waals surface area (Å²) in [7, 11) is 1.38. The zero-order valence-corrected chi connectivity index (χ0v) is 11.1. The number of aromatic nitrogens is 2. The van der Waals surface area contributed by atoms with E-state index in [1.807, 2.05) is 0 Å². The summed E-state index contributed by atoms with van der Waals surface area (Å²) in [6.45, 7) is 1.37. The number of halogens is 5. The van der Waals surface area contributed by atoms with Gasteiger partial charge >= 0.3 is 6.18 Å². The maximum atomic E-state index is 12.7. The van der Waals surface area contributed by atoms with E-state index >= 15 is 0 Å². The van der Waals surface area contributed by atoms with Crippen molar-refractivity contribution in [3.05, 3.63) is 41.1 Å². The molecule has 114 valence electrons. The molecule has 0 amide bonds. The summed E-state index contributed by atoms with van der Waals surface area (Å²) < 4.78 is 69.5. The summed E-state index contributed by atoms with van der Waals surface area (Å²) >= 11 is 0. The minimum Gasteiger partial charge on any atom is -0.439 e. The normalized spacial score (nSPS) is 12.0. The Morgan fingerprint density at radius 3 is 2.43 bits per heavy atom. The van der Waals surface area contributed by atoms with Crippen LogP contribution in [0.5, 0.6) is 11.6 Å². The van der Waals surface area contributed by atoms with Crippen molar-refractivity contribution >= 4 is 0 Å². The molecule has 0 fully saturated rings. The van der Waals surface area contributed by atoms with E-state index in [0.29, 0.717) is 0 Å². The Morgan fingerprint density at radius 2 is 1.90 bits per heavy atom. The third kappa shape index (κ3) is 3.14. The van der Waals surface area contributed by atoms with Crippen LogP contribution in [0.4, 0.5) is 22.0 Å². The van der Waals surface area contributed by atoms with Crippen molar-refractivity contribution in [1.82, 2.24) is 9.78 Å². The predicted octanol–water partition coefficient (Wildman–Crippen LogP) is 4.48. The number of rotatable bonds is 3. The van der Waals surface area contributed by atoms with Crippen LogP contribution in [0.1, 0.15) is 23.2 Å². The fourth-order valence-electron chi connectivity index (χ4n) is 1.83. The van der Waals surface area contributed by atoms with Crippen molar-refractivity contribution in [3.63, 3.8) is 0 Å². The fraction of sp³-hybridized carbons (Fsp3) is 0.308. The summed E-state index contributed by atoms with van der Waals surface area (Å²) in [5, 5.41) is 3.60. The van der Waals surface area contributed by atoms with E-state index in [1.165, 1.54) is 26.1 Å². The van der Waals surface area contributed by atoms with Gasteiger partial charge in [0.25, 0.3) is 6.43 Å². The average molecular weight is 306 g/mol. The lowest BCUT2D eigenvalue weighted by molar-refractivity contribution is -0.137. The van der Waals surface area contributed by atoms with E-state index in [9.17, 15) is 22.0 Å². The molecule has 0 N–H and O–H groups in total. The minimum atomic E-state index is -4.50. The predicted molar refractivity (Wildman–Crippen MR) is 64.4 cm³/mol. The number of nitrogens with zero attached hydrogens (tertiary/aromatic N) is 2. The Hall–Kier alpha value is -2.12. The molecule has 0 unspecified atom stereocenters. The lowest BCUT2D eigenvalue weighted by atomic mass is 10.2. The summed E-state index contributed by atoms with van der Waals surface area (Å²) in [5.74, 6) is -0.124. The van der Waals surface area contributed by atoms with Crippen LogP contribution < -0.4 is 4.74 Å². The standard InChI is InChI=1S/C13H11F5N2O/c1-7-10(11(14)15)19-20(2)12(7)21-9-5-3-4-8(6-9)13(16,17)18/h3-6,11H,1-2H3. The number of hydrogen-bond acceptors (Lipinski definition) is 2. The summed E-state index contributed by atoms with van der Waals surface area (Å²) in [6, 6.07) is 4.18. The molecule has 0 aliphatic heterocycles. The first-order valence-corrected chi connectivity index (χ1v) is 5.87. The van der Waals surface area contributed by atoms with Gasteiger partial charge in [0.15, 0.2) is 0 Å². The van der Waals surface area contributed by atoms with Crippen molar-refractivity contribution < 1.29 is 26.7 Å². The average Bonchev–Trinajstić information content (AvgIpc) is 2.66. The molecule has 0 radical (unpaired) electrons. The zero-order chi connectivity index (χ0) is 15.8. The highest BCUT2D eigenvalue weighted by Gasteiger charge is 2.31. The van der Waals surface area contributed by atoms with Gasteiger partial charge in [-0.05, 0) is 25.1 Å². The molecule has 2 aromatic rings. The molecule has 0 atom stereocenters. The van der Waals surface area contributed by atoms with Gasteiger partial charge in [0, 0.05) is 12.6 Å². The van der Waals surface area contributed by atoms with Crippen LogP contribution in [0.25, 0.3) is 0 Å². The first-order valence-electron chi connectivity index (χ1n) is 5.87. The van der Waals surface area contributed by atoms with Crippen molar-refractivity contribution in [2.24, 2.45) is 7.05 Å². The first kappa shape index (κ1) is 15.3. The lowest BCUT2D eigenvalue weighted by Gasteiger charge is -2.10. The van der Waals surface area contributed by atoms with Crippen LogP contribution in [0.2, 0.25) is 0 Å². The molecular formula is C13H11F5N2O. The number of hydrogen-bond donors (Lipinski definition) is 0. The Morgan fingerprint density at radius 1 is 1.24 bits per heavy atom. The maximum Gasteiger partial charge on any atom is 0.416 e. The molecule has 1 aromatic heterocycles. The molecule has 8 heteroatoms. The first-order chi connectivity index (χ1) is 9.70. The van der Waals surface area contributed by atoms with Crippen molar-refractivity contribution in [2.45, 2.75) is 19.5 Å². The molecule has 0 saturated carbocycles. The Balaban J connectivity index is 2.35. The molecule has 21 heavy (non-hydrogen) atoms. The molecule has 1 heterocycles. The monoisotopic (exact) mass is 306 g/mol. The van der Waals surface area contributed by atoms with Crippen molar-refractivity contribution in [3.8, 4) is 11.6 Å². The molecular weight excluding hydrogens is 295 g/mol. The molecule has 0 aliphatic carbocycles. The van der Waals surface area contributed by atoms with Gasteiger partial charge in [0.05, 0.1) is 5.56 Å². The van der Waals surface area contributed by atoms with E-state index in [2.05, 4.69) is 5.10 Å². The topological polar surface area (TPSA) is 27.1 Å². The second-order valence-corrected chi connectivity index (χ2v) is 4.37. The summed E-state index contributed by atoms with van der Waals surface area (Å²) in [5.41, 5.74) is -1.25. The molecule has 0 bridgehead atoms.